The van der Waals surface area contributed by atoms with E-state index >= 15 is 0 Å². The van der Waals surface area contributed by atoms with E-state index in [1.165, 1.54) is 6.42 Å². The van der Waals surface area contributed by atoms with Gasteiger partial charge in [-0.15, -0.1) is 0 Å². The lowest BCUT2D eigenvalue weighted by atomic mass is 10.0. The van der Waals surface area contributed by atoms with E-state index in [0.29, 0.717) is 22.5 Å². The summed E-state index contributed by atoms with van der Waals surface area (Å²) in [5.74, 6) is 1.42. The highest BCUT2D eigenvalue weighted by atomic mass is 16.1. The quantitative estimate of drug-likeness (QED) is 0.780. The van der Waals surface area contributed by atoms with Crippen molar-refractivity contribution < 1.29 is 0 Å². The number of benzene rings is 1. The summed E-state index contributed by atoms with van der Waals surface area (Å²) >= 11 is 0. The number of fused-ring (bicyclic) bond motifs is 1. The number of nitrogens with one attached hydrogen (secondary N) is 1. The molecule has 0 spiro atoms. The number of hydrogen-bond acceptors (Lipinski definition) is 4. The Morgan fingerprint density at radius 1 is 1.35 bits per heavy atom. The zero-order valence-corrected chi connectivity index (χ0v) is 11.7. The molecule has 20 heavy (non-hydrogen) atoms. The van der Waals surface area contributed by atoms with E-state index in [-0.39, 0.29) is 5.56 Å². The second kappa shape index (κ2) is 5.15. The van der Waals surface area contributed by atoms with Gasteiger partial charge < -0.3 is 10.6 Å². The third-order valence-corrected chi connectivity index (χ3v) is 4.03. The van der Waals surface area contributed by atoms with Crippen molar-refractivity contribution >= 4 is 22.5 Å². The second-order valence-electron chi connectivity index (χ2n) is 5.69. The molecule has 5 heteroatoms. The highest BCUT2D eigenvalue weighted by Crippen LogP contribution is 2.20. The van der Waals surface area contributed by atoms with Gasteiger partial charge in [-0.2, -0.15) is 0 Å². The highest BCUT2D eigenvalue weighted by Gasteiger charge is 2.16. The van der Waals surface area contributed by atoms with Crippen LogP contribution in [0.5, 0.6) is 0 Å². The number of nitrogen functional groups attached to an aromatic ring is 1. The maximum Gasteiger partial charge on any atom is 0.260 e. The number of rotatable bonds is 1. The number of anilines is 2. The molecule has 1 atom stereocenters. The van der Waals surface area contributed by atoms with Gasteiger partial charge in [0.2, 0.25) is 5.95 Å². The lowest BCUT2D eigenvalue weighted by Crippen LogP contribution is -2.28. The third kappa shape index (κ3) is 2.48. The summed E-state index contributed by atoms with van der Waals surface area (Å²) in [7, 11) is 0. The van der Waals surface area contributed by atoms with Gasteiger partial charge in [0.05, 0.1) is 10.9 Å². The van der Waals surface area contributed by atoms with Crippen LogP contribution in [-0.4, -0.2) is 23.1 Å². The molecular formula is C15H20N4O. The first-order valence-corrected chi connectivity index (χ1v) is 7.18. The van der Waals surface area contributed by atoms with Crippen molar-refractivity contribution in [1.29, 1.82) is 0 Å². The molecule has 1 aromatic heterocycles. The molecule has 1 aromatic carbocycles. The number of H-pyrrole nitrogens is 1. The Labute approximate surface area is 117 Å². The first kappa shape index (κ1) is 13.0. The molecule has 3 N–H and O–H groups in total. The molecule has 0 radical (unpaired) electrons. The Morgan fingerprint density at radius 2 is 2.20 bits per heavy atom. The molecule has 3 rings (SSSR count). The van der Waals surface area contributed by atoms with E-state index in [1.54, 1.807) is 12.1 Å². The monoisotopic (exact) mass is 272 g/mol. The Morgan fingerprint density at radius 3 is 3.05 bits per heavy atom. The maximum atomic E-state index is 12.2. The summed E-state index contributed by atoms with van der Waals surface area (Å²) in [6.45, 7) is 4.18. The fourth-order valence-electron chi connectivity index (χ4n) is 2.77. The summed E-state index contributed by atoms with van der Waals surface area (Å²) in [5.41, 5.74) is 6.89. The van der Waals surface area contributed by atoms with Crippen molar-refractivity contribution in [2.24, 2.45) is 5.92 Å². The van der Waals surface area contributed by atoms with Gasteiger partial charge in [0.1, 0.15) is 0 Å². The number of hydrogen-bond donors (Lipinski definition) is 2. The molecule has 1 aliphatic heterocycles. The molecule has 106 valence electrons. The fourth-order valence-corrected chi connectivity index (χ4v) is 2.77. The fraction of sp³-hybridized carbons (Fsp3) is 0.467. The predicted molar refractivity (Wildman–Crippen MR) is 82.0 cm³/mol. The zero-order valence-electron chi connectivity index (χ0n) is 11.7. The van der Waals surface area contributed by atoms with E-state index in [1.807, 2.05) is 6.07 Å². The average Bonchev–Trinajstić information content (AvgIpc) is 2.64. The Hall–Kier alpha value is -2.04. The van der Waals surface area contributed by atoms with E-state index in [2.05, 4.69) is 21.8 Å². The second-order valence-corrected chi connectivity index (χ2v) is 5.69. The van der Waals surface area contributed by atoms with Gasteiger partial charge in [0, 0.05) is 18.8 Å². The van der Waals surface area contributed by atoms with Crippen LogP contribution in [0.25, 0.3) is 10.9 Å². The van der Waals surface area contributed by atoms with E-state index in [4.69, 9.17) is 5.73 Å². The molecular weight excluding hydrogens is 252 g/mol. The maximum absolute atomic E-state index is 12.2. The van der Waals surface area contributed by atoms with Crippen molar-refractivity contribution in [3.8, 4) is 0 Å². The van der Waals surface area contributed by atoms with Gasteiger partial charge in [-0.1, -0.05) is 6.92 Å². The van der Waals surface area contributed by atoms with Gasteiger partial charge in [0.25, 0.3) is 5.56 Å². The summed E-state index contributed by atoms with van der Waals surface area (Å²) in [6, 6.07) is 5.27. The van der Waals surface area contributed by atoms with E-state index < -0.39 is 0 Å². The Kier molecular flexibility index (Phi) is 3.34. The molecule has 1 unspecified atom stereocenters. The van der Waals surface area contributed by atoms with Gasteiger partial charge in [-0.3, -0.25) is 9.78 Å². The van der Waals surface area contributed by atoms with Gasteiger partial charge in [-0.25, -0.2) is 4.98 Å². The van der Waals surface area contributed by atoms with Crippen LogP contribution in [-0.2, 0) is 0 Å². The molecule has 0 aliphatic carbocycles. The van der Waals surface area contributed by atoms with Crippen molar-refractivity contribution in [3.63, 3.8) is 0 Å². The van der Waals surface area contributed by atoms with Crippen LogP contribution in [0.3, 0.4) is 0 Å². The smallest absolute Gasteiger partial charge is 0.260 e. The minimum Gasteiger partial charge on any atom is -0.399 e. The van der Waals surface area contributed by atoms with Crippen LogP contribution in [0.15, 0.2) is 23.0 Å². The van der Waals surface area contributed by atoms with Gasteiger partial charge in [0.15, 0.2) is 0 Å². The minimum atomic E-state index is -0.116. The number of nitrogens with zero attached hydrogens (tertiary/aromatic N) is 2. The highest BCUT2D eigenvalue weighted by molar-refractivity contribution is 5.81. The molecule has 1 fully saturated rings. The summed E-state index contributed by atoms with van der Waals surface area (Å²) in [6.07, 6.45) is 3.53. The Balaban J connectivity index is 2.00. The summed E-state index contributed by atoms with van der Waals surface area (Å²) < 4.78 is 0. The SMILES string of the molecule is CC1CCCN(c2nc3ccc(N)cc3c(=O)[nH]2)CC1. The molecule has 0 amide bonds. The van der Waals surface area contributed by atoms with Crippen LogP contribution < -0.4 is 16.2 Å². The number of aromatic amines is 1. The average molecular weight is 272 g/mol. The largest absolute Gasteiger partial charge is 0.399 e. The molecule has 2 heterocycles. The van der Waals surface area contributed by atoms with Gasteiger partial charge >= 0.3 is 0 Å². The standard InChI is InChI=1S/C15H20N4O/c1-10-3-2-7-19(8-6-10)15-17-13-5-4-11(16)9-12(13)14(20)18-15/h4-5,9-10H,2-3,6-8,16H2,1H3,(H,17,18,20). The topological polar surface area (TPSA) is 75.0 Å². The summed E-state index contributed by atoms with van der Waals surface area (Å²) in [5, 5.41) is 0.553. The van der Waals surface area contributed by atoms with Crippen molar-refractivity contribution in [3.05, 3.63) is 28.6 Å². The third-order valence-electron chi connectivity index (χ3n) is 4.03. The van der Waals surface area contributed by atoms with Crippen molar-refractivity contribution in [1.82, 2.24) is 9.97 Å². The number of nitrogens with two attached hydrogens (primary N) is 1. The van der Waals surface area contributed by atoms with Crippen molar-refractivity contribution in [2.45, 2.75) is 26.2 Å². The molecule has 0 saturated carbocycles. The first-order valence-electron chi connectivity index (χ1n) is 7.18. The van der Waals surface area contributed by atoms with Crippen LogP contribution >= 0.6 is 0 Å². The number of aromatic nitrogens is 2. The lowest BCUT2D eigenvalue weighted by Gasteiger charge is -2.21. The van der Waals surface area contributed by atoms with Crippen molar-refractivity contribution in [2.75, 3.05) is 23.7 Å². The van der Waals surface area contributed by atoms with Crippen LogP contribution in [0.2, 0.25) is 0 Å². The molecule has 5 nitrogen and oxygen atoms in total. The molecule has 1 saturated heterocycles. The molecule has 1 aliphatic rings. The summed E-state index contributed by atoms with van der Waals surface area (Å²) in [4.78, 5) is 21.8. The lowest BCUT2D eigenvalue weighted by molar-refractivity contribution is 0.521. The minimum absolute atomic E-state index is 0.116. The normalized spacial score (nSPS) is 20.1. The predicted octanol–water partition coefficient (Wildman–Crippen LogP) is 2.13. The Bertz CT molecular complexity index is 679. The van der Waals surface area contributed by atoms with Crippen LogP contribution in [0.4, 0.5) is 11.6 Å². The van der Waals surface area contributed by atoms with Gasteiger partial charge in [-0.05, 0) is 43.4 Å². The molecule has 0 bridgehead atoms. The van der Waals surface area contributed by atoms with Crippen LogP contribution in [0, 0.1) is 5.92 Å². The first-order chi connectivity index (χ1) is 9.63. The van der Waals surface area contributed by atoms with E-state index in [9.17, 15) is 4.79 Å². The van der Waals surface area contributed by atoms with E-state index in [0.717, 1.165) is 31.8 Å². The zero-order chi connectivity index (χ0) is 14.1. The molecule has 2 aromatic rings. The van der Waals surface area contributed by atoms with Crippen LogP contribution in [0.1, 0.15) is 26.2 Å².